The highest BCUT2D eigenvalue weighted by Crippen LogP contribution is 1.93. The monoisotopic (exact) mass is 225 g/mol. The van der Waals surface area contributed by atoms with Crippen LogP contribution >= 0.6 is 0 Å². The Morgan fingerprint density at radius 2 is 1.79 bits per heavy atom. The first-order valence-electron chi connectivity index (χ1n) is 3.71. The van der Waals surface area contributed by atoms with Gasteiger partial charge in [0, 0.05) is 24.6 Å². The van der Waals surface area contributed by atoms with E-state index in [0.717, 1.165) is 0 Å². The van der Waals surface area contributed by atoms with Crippen LogP contribution in [0.2, 0.25) is 0 Å². The van der Waals surface area contributed by atoms with E-state index < -0.39 is 10.2 Å². The normalized spacial score (nSPS) is 11.6. The van der Waals surface area contributed by atoms with Crippen LogP contribution in [0.5, 0.6) is 0 Å². The molecule has 0 bridgehead atoms. The van der Waals surface area contributed by atoms with E-state index >= 15 is 0 Å². The van der Waals surface area contributed by atoms with Gasteiger partial charge in [-0.3, -0.25) is 0 Å². The molecule has 6 nitrogen and oxygen atoms in total. The van der Waals surface area contributed by atoms with Gasteiger partial charge in [0.15, 0.2) is 0 Å². The van der Waals surface area contributed by atoms with Gasteiger partial charge in [0.1, 0.15) is 24.3 Å². The zero-order chi connectivity index (χ0) is 11.4. The summed E-state index contributed by atoms with van der Waals surface area (Å²) in [5, 5.41) is 0. The quantitative estimate of drug-likeness (QED) is 0.285. The second kappa shape index (κ2) is 5.16. The minimum atomic E-state index is -4.45. The molecule has 0 heterocycles. The highest BCUT2D eigenvalue weighted by molar-refractivity contribution is 5.82. The largest absolute Gasteiger partial charge is 0.514 e. The molecule has 0 aromatic heterocycles. The standard InChI is InChI=1S/C7H14ClN2O4/c1-9(2)6-5-7(10(3)4)14-8(11,12)13/h5-6H,1-4H3/q+1. The summed E-state index contributed by atoms with van der Waals surface area (Å²) in [6.07, 6.45) is 2.94. The first-order valence-corrected chi connectivity index (χ1v) is 4.95. The van der Waals surface area contributed by atoms with Crippen LogP contribution in [0.3, 0.4) is 0 Å². The highest BCUT2D eigenvalue weighted by atomic mass is 35.7. The number of halogens is 1. The van der Waals surface area contributed by atoms with E-state index in [1.54, 1.807) is 39.3 Å². The molecule has 0 aromatic carbocycles. The summed E-state index contributed by atoms with van der Waals surface area (Å²) in [7, 11) is 2.20. The van der Waals surface area contributed by atoms with Gasteiger partial charge in [-0.25, -0.2) is 0 Å². The number of hydrogen-bond donors (Lipinski definition) is 0. The molecule has 0 amide bonds. The Morgan fingerprint density at radius 1 is 1.29 bits per heavy atom. The fourth-order valence-corrected chi connectivity index (χ4v) is 0.937. The molecule has 0 fully saturated rings. The van der Waals surface area contributed by atoms with Crippen molar-refractivity contribution in [2.24, 2.45) is 0 Å². The third-order valence-electron chi connectivity index (χ3n) is 1.13. The van der Waals surface area contributed by atoms with E-state index in [1.165, 1.54) is 10.7 Å². The Morgan fingerprint density at radius 3 is 2.07 bits per heavy atom. The first-order chi connectivity index (χ1) is 6.22. The van der Waals surface area contributed by atoms with Gasteiger partial charge in [0.25, 0.3) is 0 Å². The molecule has 0 saturated heterocycles. The van der Waals surface area contributed by atoms with Crippen molar-refractivity contribution in [3.63, 3.8) is 0 Å². The highest BCUT2D eigenvalue weighted by Gasteiger charge is 2.27. The molecule has 0 atom stereocenters. The summed E-state index contributed by atoms with van der Waals surface area (Å²) in [6.45, 7) is 0. The maximum Gasteiger partial charge on any atom is 0.514 e. The van der Waals surface area contributed by atoms with Crippen LogP contribution in [0, 0.1) is 10.2 Å². The van der Waals surface area contributed by atoms with Gasteiger partial charge in [0.05, 0.1) is 6.08 Å². The average molecular weight is 226 g/mol. The summed E-state index contributed by atoms with van der Waals surface area (Å²) in [5.74, 6) is -0.0460. The summed E-state index contributed by atoms with van der Waals surface area (Å²) in [5.41, 5.74) is 0. The molecular weight excluding hydrogens is 212 g/mol. The van der Waals surface area contributed by atoms with Crippen LogP contribution in [0.25, 0.3) is 0 Å². The average Bonchev–Trinajstić information content (AvgIpc) is 1.94. The Bertz CT molecular complexity index is 241. The maximum atomic E-state index is 10.3. The van der Waals surface area contributed by atoms with E-state index in [9.17, 15) is 14.0 Å². The molecule has 0 saturated carbocycles. The second-order valence-electron chi connectivity index (χ2n) is 2.97. The van der Waals surface area contributed by atoms with Crippen molar-refractivity contribution in [2.75, 3.05) is 28.2 Å². The van der Waals surface area contributed by atoms with Gasteiger partial charge in [-0.1, -0.05) is 0 Å². The van der Waals surface area contributed by atoms with E-state index in [2.05, 4.69) is 4.29 Å². The molecule has 0 aliphatic rings. The number of hydrogen-bond acceptors (Lipinski definition) is 5. The molecule has 0 aromatic rings. The molecule has 0 radical (unpaired) electrons. The molecule has 0 N–H and O–H groups in total. The van der Waals surface area contributed by atoms with Crippen LogP contribution in [0.1, 0.15) is 0 Å². The molecule has 82 valence electrons. The Hall–Kier alpha value is -0.820. The van der Waals surface area contributed by atoms with Gasteiger partial charge in [0.2, 0.25) is 0 Å². The van der Waals surface area contributed by atoms with Gasteiger partial charge >= 0.3 is 5.90 Å². The van der Waals surface area contributed by atoms with Crippen LogP contribution < -0.4 is 14.0 Å². The van der Waals surface area contributed by atoms with Gasteiger partial charge in [-0.15, -0.1) is 0 Å². The van der Waals surface area contributed by atoms with Crippen LogP contribution in [-0.4, -0.2) is 43.6 Å². The molecule has 0 aliphatic heterocycles. The molecule has 0 rings (SSSR count). The van der Waals surface area contributed by atoms with Crippen molar-refractivity contribution in [1.82, 2.24) is 4.90 Å². The first kappa shape index (κ1) is 13.2. The zero-order valence-corrected chi connectivity index (χ0v) is 9.32. The van der Waals surface area contributed by atoms with Gasteiger partial charge in [-0.05, 0) is 0 Å². The third kappa shape index (κ3) is 6.67. The maximum absolute atomic E-state index is 10.3. The van der Waals surface area contributed by atoms with Crippen molar-refractivity contribution < 1.29 is 33.1 Å². The fraction of sp³-hybridized carbons (Fsp3) is 0.571. The van der Waals surface area contributed by atoms with E-state index in [1.807, 2.05) is 0 Å². The number of rotatable bonds is 3. The van der Waals surface area contributed by atoms with Gasteiger partial charge < -0.3 is 4.90 Å². The lowest BCUT2D eigenvalue weighted by Crippen LogP contribution is -2.62. The molecular formula is C7H14ClN2O4+. The van der Waals surface area contributed by atoms with Crippen molar-refractivity contribution >= 4 is 5.90 Å². The minimum Gasteiger partial charge on any atom is -0.383 e. The van der Waals surface area contributed by atoms with Crippen LogP contribution in [-0.2, 0) is 4.29 Å². The molecule has 7 heteroatoms. The molecule has 14 heavy (non-hydrogen) atoms. The molecule has 0 aliphatic carbocycles. The Balaban J connectivity index is 4.58. The van der Waals surface area contributed by atoms with Crippen LogP contribution in [0.4, 0.5) is 0 Å². The lowest BCUT2D eigenvalue weighted by Gasteiger charge is -2.10. The Kier molecular flexibility index (Phi) is 4.86. The lowest BCUT2D eigenvalue weighted by molar-refractivity contribution is -1.92. The summed E-state index contributed by atoms with van der Waals surface area (Å²) >= 11 is 0. The third-order valence-corrected chi connectivity index (χ3v) is 1.48. The zero-order valence-electron chi connectivity index (χ0n) is 8.56. The van der Waals surface area contributed by atoms with Crippen molar-refractivity contribution in [1.29, 1.82) is 0 Å². The van der Waals surface area contributed by atoms with Crippen molar-refractivity contribution in [3.05, 3.63) is 12.3 Å². The van der Waals surface area contributed by atoms with Crippen molar-refractivity contribution in [2.45, 2.75) is 0 Å². The van der Waals surface area contributed by atoms with E-state index in [4.69, 9.17) is 0 Å². The summed E-state index contributed by atoms with van der Waals surface area (Å²) in [4.78, 5) is 1.68. The fourth-order valence-electron chi connectivity index (χ4n) is 0.553. The predicted octanol–water partition coefficient (Wildman–Crippen LogP) is -3.35. The van der Waals surface area contributed by atoms with E-state index in [-0.39, 0.29) is 5.90 Å². The number of nitrogens with zero attached hydrogens (tertiary/aromatic N) is 2. The summed E-state index contributed by atoms with van der Waals surface area (Å²) in [6, 6.07) is 0. The minimum absolute atomic E-state index is 0.0460. The second-order valence-corrected chi connectivity index (χ2v) is 3.88. The molecule has 0 spiro atoms. The predicted molar refractivity (Wildman–Crippen MR) is 41.0 cm³/mol. The summed E-state index contributed by atoms with van der Waals surface area (Å²) < 4.78 is 36.4. The van der Waals surface area contributed by atoms with Gasteiger partial charge in [-0.2, -0.15) is 18.6 Å². The van der Waals surface area contributed by atoms with Crippen LogP contribution in [0.15, 0.2) is 12.3 Å². The SMILES string of the molecule is CN(C)C=CC(O[Cl+3]([O-])([O-])[O-])=[N+](C)C. The smallest absolute Gasteiger partial charge is 0.383 e. The van der Waals surface area contributed by atoms with Crippen molar-refractivity contribution in [3.8, 4) is 0 Å². The van der Waals surface area contributed by atoms with E-state index in [0.29, 0.717) is 0 Å². The topological polar surface area (TPSA) is 84.7 Å². The molecule has 0 unspecified atom stereocenters. The Labute approximate surface area is 85.1 Å². The lowest BCUT2D eigenvalue weighted by atomic mass is 10.5.